The molecule has 2 aromatic rings. The lowest BCUT2D eigenvalue weighted by atomic mass is 10.1. The van der Waals surface area contributed by atoms with E-state index in [2.05, 4.69) is 39.6 Å². The van der Waals surface area contributed by atoms with E-state index in [4.69, 9.17) is 21.3 Å². The molecular formula is C22H31ClIN5O. The molecule has 3 rings (SSSR count). The second kappa shape index (κ2) is 13.0. The summed E-state index contributed by atoms with van der Waals surface area (Å²) in [7, 11) is 1.70. The van der Waals surface area contributed by atoms with Gasteiger partial charge < -0.3 is 15.4 Å². The van der Waals surface area contributed by atoms with Crippen molar-refractivity contribution in [3.63, 3.8) is 0 Å². The standard InChI is InChI=1S/C22H30ClN5O.HI/c1-3-24-22(26-15-17-6-11-21(23)25-14-17)27-16-20(28-12-4-5-13-28)18-7-9-19(29-2)10-8-18;/h6-11,14,20H,3-5,12-13,15-16H2,1-2H3,(H2,24,26,27);1H. The number of hydrogen-bond donors (Lipinski definition) is 2. The average Bonchev–Trinajstić information content (AvgIpc) is 3.28. The normalized spacial score (nSPS) is 15.4. The first-order valence-electron chi connectivity index (χ1n) is 10.2. The zero-order valence-corrected chi connectivity index (χ0v) is 20.7. The molecular weight excluding hydrogens is 513 g/mol. The second-order valence-electron chi connectivity index (χ2n) is 7.10. The maximum Gasteiger partial charge on any atom is 0.191 e. The number of pyridine rings is 1. The number of aromatic nitrogens is 1. The lowest BCUT2D eigenvalue weighted by Crippen LogP contribution is -2.42. The van der Waals surface area contributed by atoms with Crippen molar-refractivity contribution in [1.29, 1.82) is 0 Å². The topological polar surface area (TPSA) is 61.8 Å². The van der Waals surface area contributed by atoms with Gasteiger partial charge in [0.25, 0.3) is 0 Å². The summed E-state index contributed by atoms with van der Waals surface area (Å²) in [4.78, 5) is 11.4. The fourth-order valence-electron chi connectivity index (χ4n) is 3.54. The highest BCUT2D eigenvalue weighted by atomic mass is 127. The summed E-state index contributed by atoms with van der Waals surface area (Å²) in [6, 6.07) is 12.4. The van der Waals surface area contributed by atoms with Gasteiger partial charge in [-0.1, -0.05) is 29.8 Å². The number of rotatable bonds is 8. The minimum absolute atomic E-state index is 0. The second-order valence-corrected chi connectivity index (χ2v) is 7.48. The first kappa shape index (κ1) is 24.7. The zero-order valence-electron chi connectivity index (χ0n) is 17.6. The third-order valence-electron chi connectivity index (χ3n) is 5.10. The van der Waals surface area contributed by atoms with Crippen molar-refractivity contribution >= 4 is 41.5 Å². The quantitative estimate of drug-likeness (QED) is 0.226. The summed E-state index contributed by atoms with van der Waals surface area (Å²) in [5.74, 6) is 1.69. The SMILES string of the molecule is CCNC(=NCc1ccc(Cl)nc1)NCC(c1ccc(OC)cc1)N1CCCC1.I. The molecule has 0 aliphatic carbocycles. The highest BCUT2D eigenvalue weighted by Crippen LogP contribution is 2.26. The minimum Gasteiger partial charge on any atom is -0.497 e. The van der Waals surface area contributed by atoms with Gasteiger partial charge in [0.15, 0.2) is 5.96 Å². The van der Waals surface area contributed by atoms with Crippen LogP contribution in [0.1, 0.15) is 36.9 Å². The van der Waals surface area contributed by atoms with Crippen molar-refractivity contribution in [1.82, 2.24) is 20.5 Å². The van der Waals surface area contributed by atoms with Crippen molar-refractivity contribution < 1.29 is 4.74 Å². The number of nitrogens with one attached hydrogen (secondary N) is 2. The lowest BCUT2D eigenvalue weighted by Gasteiger charge is -2.29. The van der Waals surface area contributed by atoms with E-state index in [1.807, 2.05) is 18.2 Å². The molecule has 0 saturated carbocycles. The fraction of sp³-hybridized carbons (Fsp3) is 0.455. The molecule has 8 heteroatoms. The van der Waals surface area contributed by atoms with Crippen LogP contribution in [0.15, 0.2) is 47.6 Å². The molecule has 0 spiro atoms. The number of halogens is 2. The molecule has 1 atom stereocenters. The van der Waals surface area contributed by atoms with Crippen LogP contribution in [0.5, 0.6) is 5.75 Å². The number of aliphatic imine (C=N–C) groups is 1. The van der Waals surface area contributed by atoms with E-state index in [1.165, 1.54) is 18.4 Å². The predicted molar refractivity (Wildman–Crippen MR) is 134 cm³/mol. The number of nitrogens with zero attached hydrogens (tertiary/aromatic N) is 3. The van der Waals surface area contributed by atoms with Gasteiger partial charge in [0.05, 0.1) is 19.7 Å². The summed E-state index contributed by atoms with van der Waals surface area (Å²) in [6.07, 6.45) is 4.27. The van der Waals surface area contributed by atoms with Crippen molar-refractivity contribution in [2.75, 3.05) is 33.3 Å². The van der Waals surface area contributed by atoms with Crippen LogP contribution in [-0.2, 0) is 6.54 Å². The third-order valence-corrected chi connectivity index (χ3v) is 5.32. The molecule has 1 aliphatic heterocycles. The van der Waals surface area contributed by atoms with Crippen LogP contribution in [-0.4, -0.2) is 49.1 Å². The van der Waals surface area contributed by atoms with Gasteiger partial charge in [-0.3, -0.25) is 4.90 Å². The minimum atomic E-state index is 0. The summed E-state index contributed by atoms with van der Waals surface area (Å²) in [5.41, 5.74) is 2.32. The van der Waals surface area contributed by atoms with E-state index in [0.717, 1.165) is 43.5 Å². The van der Waals surface area contributed by atoms with Gasteiger partial charge >= 0.3 is 0 Å². The molecule has 1 fully saturated rings. The molecule has 1 aromatic heterocycles. The van der Waals surface area contributed by atoms with E-state index in [9.17, 15) is 0 Å². The van der Waals surface area contributed by atoms with Gasteiger partial charge in [0, 0.05) is 19.3 Å². The van der Waals surface area contributed by atoms with Crippen molar-refractivity contribution in [3.05, 3.63) is 58.9 Å². The Balaban J connectivity index is 0.00000320. The maximum atomic E-state index is 5.86. The maximum absolute atomic E-state index is 5.86. The summed E-state index contributed by atoms with van der Waals surface area (Å²) >= 11 is 5.86. The Morgan fingerprint density at radius 3 is 2.50 bits per heavy atom. The average molecular weight is 544 g/mol. The number of ether oxygens (including phenoxy) is 1. The molecule has 1 saturated heterocycles. The fourth-order valence-corrected chi connectivity index (χ4v) is 3.65. The molecule has 1 aliphatic rings. The van der Waals surface area contributed by atoms with E-state index in [0.29, 0.717) is 17.7 Å². The lowest BCUT2D eigenvalue weighted by molar-refractivity contribution is 0.245. The third kappa shape index (κ3) is 7.28. The smallest absolute Gasteiger partial charge is 0.191 e. The van der Waals surface area contributed by atoms with E-state index >= 15 is 0 Å². The molecule has 2 heterocycles. The molecule has 1 aromatic carbocycles. The Hall–Kier alpha value is -1.58. The van der Waals surface area contributed by atoms with Crippen LogP contribution in [0, 0.1) is 0 Å². The van der Waals surface area contributed by atoms with Crippen LogP contribution in [0.2, 0.25) is 5.15 Å². The number of hydrogen-bond acceptors (Lipinski definition) is 4. The molecule has 30 heavy (non-hydrogen) atoms. The Morgan fingerprint density at radius 2 is 1.90 bits per heavy atom. The molecule has 0 radical (unpaired) electrons. The molecule has 6 nitrogen and oxygen atoms in total. The first-order chi connectivity index (χ1) is 14.2. The molecule has 0 amide bonds. The summed E-state index contributed by atoms with van der Waals surface area (Å²) < 4.78 is 5.31. The monoisotopic (exact) mass is 543 g/mol. The van der Waals surface area contributed by atoms with Crippen LogP contribution in [0.4, 0.5) is 0 Å². The Labute approximate surface area is 201 Å². The van der Waals surface area contributed by atoms with Crippen LogP contribution in [0.25, 0.3) is 0 Å². The predicted octanol–water partition coefficient (Wildman–Crippen LogP) is 4.25. The molecule has 0 bridgehead atoms. The molecule has 164 valence electrons. The number of guanidine groups is 1. The van der Waals surface area contributed by atoms with Gasteiger partial charge in [-0.25, -0.2) is 9.98 Å². The number of likely N-dealkylation sites (tertiary alicyclic amines) is 1. The summed E-state index contributed by atoms with van der Waals surface area (Å²) in [6.45, 7) is 6.47. The van der Waals surface area contributed by atoms with Crippen molar-refractivity contribution in [2.24, 2.45) is 4.99 Å². The van der Waals surface area contributed by atoms with E-state index < -0.39 is 0 Å². The molecule has 2 N–H and O–H groups in total. The van der Waals surface area contributed by atoms with Crippen LogP contribution in [0.3, 0.4) is 0 Å². The molecule has 1 unspecified atom stereocenters. The van der Waals surface area contributed by atoms with Crippen LogP contribution >= 0.6 is 35.6 Å². The van der Waals surface area contributed by atoms with Gasteiger partial charge in [0.1, 0.15) is 10.9 Å². The Bertz CT molecular complexity index is 779. The number of methoxy groups -OCH3 is 1. The van der Waals surface area contributed by atoms with E-state index in [-0.39, 0.29) is 24.0 Å². The zero-order chi connectivity index (χ0) is 20.5. The number of benzene rings is 1. The van der Waals surface area contributed by atoms with Gasteiger partial charge in [-0.15, -0.1) is 24.0 Å². The highest BCUT2D eigenvalue weighted by Gasteiger charge is 2.23. The Kier molecular flexibility index (Phi) is 10.7. The van der Waals surface area contributed by atoms with Crippen molar-refractivity contribution in [3.8, 4) is 5.75 Å². The van der Waals surface area contributed by atoms with Crippen molar-refractivity contribution in [2.45, 2.75) is 32.4 Å². The van der Waals surface area contributed by atoms with Gasteiger partial charge in [-0.05, 0) is 62.2 Å². The first-order valence-corrected chi connectivity index (χ1v) is 10.6. The van der Waals surface area contributed by atoms with Crippen LogP contribution < -0.4 is 15.4 Å². The summed E-state index contributed by atoms with van der Waals surface area (Å²) in [5, 5.41) is 7.36. The largest absolute Gasteiger partial charge is 0.497 e. The van der Waals surface area contributed by atoms with E-state index in [1.54, 1.807) is 19.4 Å². The van der Waals surface area contributed by atoms with Gasteiger partial charge in [0.2, 0.25) is 0 Å². The Morgan fingerprint density at radius 1 is 1.17 bits per heavy atom. The highest BCUT2D eigenvalue weighted by molar-refractivity contribution is 14.0. The van der Waals surface area contributed by atoms with Gasteiger partial charge in [-0.2, -0.15) is 0 Å².